The molecule has 0 fully saturated rings. The van der Waals surface area contributed by atoms with Crippen molar-refractivity contribution in [2.75, 3.05) is 6.61 Å². The van der Waals surface area contributed by atoms with E-state index in [-0.39, 0.29) is 5.43 Å². The number of hydrogen-bond donors (Lipinski definition) is 0. The van der Waals surface area contributed by atoms with Crippen LogP contribution < -0.4 is 10.2 Å². The lowest BCUT2D eigenvalue weighted by atomic mass is 10.1. The van der Waals surface area contributed by atoms with Crippen molar-refractivity contribution in [1.29, 1.82) is 0 Å². The maximum absolute atomic E-state index is 12.7. The Morgan fingerprint density at radius 2 is 1.85 bits per heavy atom. The van der Waals surface area contributed by atoms with Crippen molar-refractivity contribution in [2.45, 2.75) is 20.8 Å². The van der Waals surface area contributed by atoms with Gasteiger partial charge in [-0.3, -0.25) is 4.79 Å². The SMILES string of the molecule is CCOc1cc2c(=O)c3ccccc3sc2c(C)c1C. The van der Waals surface area contributed by atoms with Crippen LogP contribution in [0.25, 0.3) is 20.2 Å². The van der Waals surface area contributed by atoms with Crippen LogP contribution >= 0.6 is 11.3 Å². The van der Waals surface area contributed by atoms with E-state index in [0.29, 0.717) is 6.61 Å². The zero-order valence-electron chi connectivity index (χ0n) is 11.8. The van der Waals surface area contributed by atoms with Gasteiger partial charge in [-0.2, -0.15) is 0 Å². The van der Waals surface area contributed by atoms with Crippen molar-refractivity contribution in [1.82, 2.24) is 0 Å². The summed E-state index contributed by atoms with van der Waals surface area (Å²) in [6.07, 6.45) is 0. The molecule has 0 atom stereocenters. The third kappa shape index (κ3) is 1.90. The Morgan fingerprint density at radius 3 is 2.60 bits per heavy atom. The number of fused-ring (bicyclic) bond motifs is 2. The number of ether oxygens (including phenoxy) is 1. The molecule has 0 aliphatic rings. The van der Waals surface area contributed by atoms with E-state index in [9.17, 15) is 4.79 Å². The Hall–Kier alpha value is -1.87. The van der Waals surface area contributed by atoms with Crippen LogP contribution in [-0.4, -0.2) is 6.61 Å². The van der Waals surface area contributed by atoms with Gasteiger partial charge in [0.05, 0.1) is 6.61 Å². The van der Waals surface area contributed by atoms with Crippen LogP contribution in [0.5, 0.6) is 5.75 Å². The highest BCUT2D eigenvalue weighted by Crippen LogP contribution is 2.33. The standard InChI is InChI=1S/C17H16O2S/c1-4-19-14-9-13-16(18)12-7-5-6-8-15(12)20-17(13)11(3)10(14)2/h5-9H,4H2,1-3H3. The van der Waals surface area contributed by atoms with E-state index in [2.05, 4.69) is 6.92 Å². The molecule has 0 unspecified atom stereocenters. The van der Waals surface area contributed by atoms with Gasteiger partial charge in [0, 0.05) is 20.2 Å². The van der Waals surface area contributed by atoms with Crippen LogP contribution in [0.3, 0.4) is 0 Å². The van der Waals surface area contributed by atoms with Crippen LogP contribution in [0.15, 0.2) is 35.1 Å². The lowest BCUT2D eigenvalue weighted by Gasteiger charge is -2.12. The van der Waals surface area contributed by atoms with E-state index in [1.54, 1.807) is 11.3 Å². The van der Waals surface area contributed by atoms with E-state index in [0.717, 1.165) is 37.0 Å². The summed E-state index contributed by atoms with van der Waals surface area (Å²) in [6.45, 7) is 6.67. The van der Waals surface area contributed by atoms with Gasteiger partial charge in [0.25, 0.3) is 0 Å². The van der Waals surface area contributed by atoms with E-state index in [1.165, 1.54) is 0 Å². The molecule has 0 bridgehead atoms. The highest BCUT2D eigenvalue weighted by Gasteiger charge is 2.13. The second-order valence-corrected chi connectivity index (χ2v) is 5.91. The van der Waals surface area contributed by atoms with E-state index in [1.807, 2.05) is 44.2 Å². The summed E-state index contributed by atoms with van der Waals surface area (Å²) in [5, 5.41) is 1.55. The molecule has 3 rings (SSSR count). The van der Waals surface area contributed by atoms with Crippen LogP contribution in [0.2, 0.25) is 0 Å². The first-order chi connectivity index (χ1) is 9.63. The molecule has 2 aromatic carbocycles. The minimum atomic E-state index is 0.0957. The highest BCUT2D eigenvalue weighted by molar-refractivity contribution is 7.24. The Bertz CT molecular complexity index is 862. The maximum Gasteiger partial charge on any atom is 0.196 e. The quantitative estimate of drug-likeness (QED) is 0.651. The van der Waals surface area contributed by atoms with E-state index in [4.69, 9.17) is 4.74 Å². The number of aryl methyl sites for hydroxylation is 1. The zero-order chi connectivity index (χ0) is 14.3. The average molecular weight is 284 g/mol. The summed E-state index contributed by atoms with van der Waals surface area (Å²) in [5.74, 6) is 0.817. The Morgan fingerprint density at radius 1 is 1.10 bits per heavy atom. The predicted octanol–water partition coefficient (Wildman–Crippen LogP) is 4.43. The van der Waals surface area contributed by atoms with Gasteiger partial charge in [-0.15, -0.1) is 11.3 Å². The molecule has 1 heterocycles. The van der Waals surface area contributed by atoms with Gasteiger partial charge in [0.1, 0.15) is 5.75 Å². The zero-order valence-corrected chi connectivity index (χ0v) is 12.6. The molecule has 3 aromatic rings. The molecule has 102 valence electrons. The summed E-state index contributed by atoms with van der Waals surface area (Å²) in [5.41, 5.74) is 2.35. The smallest absolute Gasteiger partial charge is 0.196 e. The molecule has 20 heavy (non-hydrogen) atoms. The van der Waals surface area contributed by atoms with Gasteiger partial charge < -0.3 is 4.74 Å². The van der Waals surface area contributed by atoms with Crippen LogP contribution in [0.1, 0.15) is 18.1 Å². The lowest BCUT2D eigenvalue weighted by Crippen LogP contribution is -2.04. The molecule has 3 heteroatoms. The van der Waals surface area contributed by atoms with Crippen molar-refractivity contribution >= 4 is 31.5 Å². The van der Waals surface area contributed by atoms with Gasteiger partial charge in [0.2, 0.25) is 0 Å². The second kappa shape index (κ2) is 4.91. The first-order valence-electron chi connectivity index (χ1n) is 6.72. The van der Waals surface area contributed by atoms with Crippen LogP contribution in [-0.2, 0) is 0 Å². The highest BCUT2D eigenvalue weighted by atomic mass is 32.1. The maximum atomic E-state index is 12.7. The number of benzene rings is 2. The summed E-state index contributed by atoms with van der Waals surface area (Å²) in [6, 6.07) is 9.68. The fraction of sp³-hybridized carbons (Fsp3) is 0.235. The fourth-order valence-corrected chi connectivity index (χ4v) is 3.67. The normalized spacial score (nSPS) is 11.2. The molecule has 2 nitrogen and oxygen atoms in total. The van der Waals surface area contributed by atoms with Gasteiger partial charge >= 0.3 is 0 Å². The molecule has 0 aliphatic carbocycles. The number of hydrogen-bond acceptors (Lipinski definition) is 3. The largest absolute Gasteiger partial charge is 0.494 e. The first kappa shape index (κ1) is 13.1. The minimum absolute atomic E-state index is 0.0957. The van der Waals surface area contributed by atoms with Gasteiger partial charge in [-0.05, 0) is 50.1 Å². The van der Waals surface area contributed by atoms with Gasteiger partial charge in [-0.1, -0.05) is 12.1 Å². The van der Waals surface area contributed by atoms with E-state index < -0.39 is 0 Å². The Kier molecular flexibility index (Phi) is 3.22. The lowest BCUT2D eigenvalue weighted by molar-refractivity contribution is 0.338. The molecule has 0 N–H and O–H groups in total. The van der Waals surface area contributed by atoms with Crippen molar-refractivity contribution in [3.63, 3.8) is 0 Å². The molecular weight excluding hydrogens is 268 g/mol. The van der Waals surface area contributed by atoms with Crippen molar-refractivity contribution < 1.29 is 4.74 Å². The first-order valence-corrected chi connectivity index (χ1v) is 7.53. The molecule has 0 saturated carbocycles. The molecule has 1 aromatic heterocycles. The molecule has 0 saturated heterocycles. The van der Waals surface area contributed by atoms with E-state index >= 15 is 0 Å². The monoisotopic (exact) mass is 284 g/mol. The second-order valence-electron chi connectivity index (χ2n) is 4.86. The van der Waals surface area contributed by atoms with Gasteiger partial charge in [0.15, 0.2) is 5.43 Å². The third-order valence-electron chi connectivity index (χ3n) is 3.68. The summed E-state index contributed by atoms with van der Waals surface area (Å²) < 4.78 is 7.76. The summed E-state index contributed by atoms with van der Waals surface area (Å²) in [4.78, 5) is 12.7. The molecule has 0 spiro atoms. The van der Waals surface area contributed by atoms with Crippen molar-refractivity contribution in [3.8, 4) is 5.75 Å². The molecular formula is C17H16O2S. The average Bonchev–Trinajstić information content (AvgIpc) is 2.46. The summed E-state index contributed by atoms with van der Waals surface area (Å²) in [7, 11) is 0. The molecule has 0 radical (unpaired) electrons. The minimum Gasteiger partial charge on any atom is -0.494 e. The summed E-state index contributed by atoms with van der Waals surface area (Å²) >= 11 is 1.68. The topological polar surface area (TPSA) is 26.3 Å². The van der Waals surface area contributed by atoms with Crippen LogP contribution in [0, 0.1) is 13.8 Å². The molecule has 0 amide bonds. The molecule has 0 aliphatic heterocycles. The van der Waals surface area contributed by atoms with Crippen molar-refractivity contribution in [3.05, 3.63) is 51.7 Å². The van der Waals surface area contributed by atoms with Crippen LogP contribution in [0.4, 0.5) is 0 Å². The fourth-order valence-electron chi connectivity index (χ4n) is 2.47. The Balaban J connectivity index is 2.49. The van der Waals surface area contributed by atoms with Gasteiger partial charge in [-0.25, -0.2) is 0 Å². The predicted molar refractivity (Wildman–Crippen MR) is 86.2 cm³/mol. The Labute approximate surface area is 121 Å². The number of rotatable bonds is 2. The third-order valence-corrected chi connectivity index (χ3v) is 4.99. The van der Waals surface area contributed by atoms with Crippen molar-refractivity contribution in [2.24, 2.45) is 0 Å².